The molecule has 2 aliphatic rings. The van der Waals surface area contributed by atoms with Crippen LogP contribution in [-0.2, 0) is 17.6 Å². The second-order valence-electron chi connectivity index (χ2n) is 8.26. The summed E-state index contributed by atoms with van der Waals surface area (Å²) < 4.78 is 12.6. The summed E-state index contributed by atoms with van der Waals surface area (Å²) in [5, 5.41) is 4.67. The summed E-state index contributed by atoms with van der Waals surface area (Å²) in [4.78, 5) is 15.3. The van der Waals surface area contributed by atoms with Crippen molar-refractivity contribution in [3.8, 4) is 17.2 Å². The fourth-order valence-electron chi connectivity index (χ4n) is 5.01. The van der Waals surface area contributed by atoms with Gasteiger partial charge in [0.15, 0.2) is 0 Å². The highest BCUT2D eigenvalue weighted by Crippen LogP contribution is 2.44. The molecule has 2 aromatic carbocycles. The predicted molar refractivity (Wildman–Crippen MR) is 125 cm³/mol. The maximum Gasteiger partial charge on any atom is 0.223 e. The van der Waals surface area contributed by atoms with E-state index in [0.717, 1.165) is 48.4 Å². The third-order valence-corrected chi connectivity index (χ3v) is 6.56. The van der Waals surface area contributed by atoms with E-state index in [1.54, 1.807) is 14.2 Å². The first-order valence-electron chi connectivity index (χ1n) is 10.8. The number of rotatable bonds is 6. The molecule has 3 heterocycles. The van der Waals surface area contributed by atoms with Crippen molar-refractivity contribution in [2.75, 3.05) is 14.2 Å². The summed E-state index contributed by atoms with van der Waals surface area (Å²) >= 11 is 0. The molecule has 0 saturated carbocycles. The summed E-state index contributed by atoms with van der Waals surface area (Å²) in [5.41, 5.74) is 4.58. The Bertz CT molecular complexity index is 1100. The number of fused-ring (bicyclic) bond motifs is 4. The Morgan fingerprint density at radius 2 is 1.84 bits per heavy atom. The molecule has 1 fully saturated rings. The number of carbonyl (C=O) groups excluding carboxylic acids is 1. The number of nitrogens with zero attached hydrogens (tertiary/aromatic N) is 3. The monoisotopic (exact) mass is 453 g/mol. The van der Waals surface area contributed by atoms with E-state index in [0.29, 0.717) is 6.42 Å². The van der Waals surface area contributed by atoms with Gasteiger partial charge < -0.3 is 14.4 Å². The first-order valence-corrected chi connectivity index (χ1v) is 10.8. The van der Waals surface area contributed by atoms with Gasteiger partial charge in [-0.3, -0.25) is 4.79 Å². The maximum absolute atomic E-state index is 13.2. The SMILES string of the molecule is COc1ccc(-n2ncc3c2CC2CCC3N2C(=O)CCc2cccc(OC)c2)cc1.Cl. The number of ether oxygens (including phenoxy) is 2. The number of aromatic nitrogens is 2. The van der Waals surface area contributed by atoms with Crippen molar-refractivity contribution in [2.45, 2.75) is 44.2 Å². The van der Waals surface area contributed by atoms with Crippen LogP contribution in [0.25, 0.3) is 5.69 Å². The first-order chi connectivity index (χ1) is 15.2. The van der Waals surface area contributed by atoms with Gasteiger partial charge in [0.05, 0.1) is 37.8 Å². The minimum atomic E-state index is 0. The molecule has 0 aliphatic carbocycles. The molecule has 2 aliphatic heterocycles. The molecule has 0 N–H and O–H groups in total. The molecule has 168 valence electrons. The number of carbonyl (C=O) groups is 1. The zero-order chi connectivity index (χ0) is 21.4. The van der Waals surface area contributed by atoms with Crippen LogP contribution < -0.4 is 9.47 Å². The van der Waals surface area contributed by atoms with E-state index in [2.05, 4.69) is 16.1 Å². The third kappa shape index (κ3) is 3.95. The van der Waals surface area contributed by atoms with Crippen LogP contribution in [-0.4, -0.2) is 40.8 Å². The van der Waals surface area contributed by atoms with Crippen molar-refractivity contribution in [3.05, 3.63) is 71.5 Å². The van der Waals surface area contributed by atoms with Gasteiger partial charge in [-0.15, -0.1) is 12.4 Å². The van der Waals surface area contributed by atoms with E-state index in [1.807, 2.05) is 53.3 Å². The highest BCUT2D eigenvalue weighted by molar-refractivity contribution is 5.85. The number of aryl methyl sites for hydroxylation is 1. The second kappa shape index (κ2) is 9.25. The van der Waals surface area contributed by atoms with Crippen molar-refractivity contribution in [1.82, 2.24) is 14.7 Å². The lowest BCUT2D eigenvalue weighted by Gasteiger charge is -2.35. The Morgan fingerprint density at radius 1 is 1.06 bits per heavy atom. The number of benzene rings is 2. The molecule has 1 saturated heterocycles. The minimum Gasteiger partial charge on any atom is -0.497 e. The van der Waals surface area contributed by atoms with Gasteiger partial charge in [-0.2, -0.15) is 5.10 Å². The van der Waals surface area contributed by atoms with Crippen LogP contribution in [0.1, 0.15) is 42.1 Å². The van der Waals surface area contributed by atoms with Crippen LogP contribution in [0.15, 0.2) is 54.7 Å². The largest absolute Gasteiger partial charge is 0.497 e. The van der Waals surface area contributed by atoms with Gasteiger partial charge in [-0.25, -0.2) is 4.68 Å². The normalized spacial score (nSPS) is 18.6. The van der Waals surface area contributed by atoms with Crippen molar-refractivity contribution in [1.29, 1.82) is 0 Å². The second-order valence-corrected chi connectivity index (χ2v) is 8.26. The van der Waals surface area contributed by atoms with Crippen LogP contribution in [0.2, 0.25) is 0 Å². The number of hydrogen-bond acceptors (Lipinski definition) is 4. The molecule has 6 nitrogen and oxygen atoms in total. The molecule has 32 heavy (non-hydrogen) atoms. The quantitative estimate of drug-likeness (QED) is 0.550. The van der Waals surface area contributed by atoms with Gasteiger partial charge in [0, 0.05) is 24.4 Å². The van der Waals surface area contributed by atoms with E-state index >= 15 is 0 Å². The molecular weight excluding hydrogens is 426 g/mol. The Balaban J connectivity index is 0.00000245. The highest BCUT2D eigenvalue weighted by Gasteiger charge is 2.44. The number of halogens is 1. The molecule has 2 bridgehead atoms. The zero-order valence-corrected chi connectivity index (χ0v) is 19.2. The van der Waals surface area contributed by atoms with Crippen LogP contribution in [0.4, 0.5) is 0 Å². The van der Waals surface area contributed by atoms with Crippen molar-refractivity contribution >= 4 is 18.3 Å². The Hall–Kier alpha value is -2.99. The van der Waals surface area contributed by atoms with Gasteiger partial charge in [0.25, 0.3) is 0 Å². The van der Waals surface area contributed by atoms with E-state index in [9.17, 15) is 4.79 Å². The fraction of sp³-hybridized carbons (Fsp3) is 0.360. The summed E-state index contributed by atoms with van der Waals surface area (Å²) in [6.07, 6.45) is 6.10. The van der Waals surface area contributed by atoms with Gasteiger partial charge in [0.2, 0.25) is 5.91 Å². The standard InChI is InChI=1S/C25H27N3O3.ClH/c1-30-20-10-7-18(8-11-20)28-24-15-19-9-12-23(22(24)16-26-28)27(19)25(29)13-6-17-4-3-5-21(14-17)31-2;/h3-5,7-8,10-11,14,16,19,23H,6,9,12-13,15H2,1-2H3;1H. The average molecular weight is 454 g/mol. The van der Waals surface area contributed by atoms with E-state index in [1.165, 1.54) is 11.3 Å². The van der Waals surface area contributed by atoms with Gasteiger partial charge in [-0.05, 0) is 61.2 Å². The van der Waals surface area contributed by atoms with Crippen LogP contribution in [0, 0.1) is 0 Å². The molecule has 2 atom stereocenters. The number of hydrogen-bond donors (Lipinski definition) is 0. The molecular formula is C25H28ClN3O3. The Kier molecular flexibility index (Phi) is 6.42. The van der Waals surface area contributed by atoms with Crippen LogP contribution >= 0.6 is 12.4 Å². The number of methoxy groups -OCH3 is 2. The summed E-state index contributed by atoms with van der Waals surface area (Å²) in [6, 6.07) is 16.3. The molecule has 3 aromatic rings. The van der Waals surface area contributed by atoms with Gasteiger partial charge >= 0.3 is 0 Å². The molecule has 5 rings (SSSR count). The summed E-state index contributed by atoms with van der Waals surface area (Å²) in [6.45, 7) is 0. The van der Waals surface area contributed by atoms with Crippen molar-refractivity contribution in [3.63, 3.8) is 0 Å². The van der Waals surface area contributed by atoms with Crippen LogP contribution in [0.3, 0.4) is 0 Å². The fourth-order valence-corrected chi connectivity index (χ4v) is 5.01. The van der Waals surface area contributed by atoms with Crippen LogP contribution in [0.5, 0.6) is 11.5 Å². The molecule has 0 radical (unpaired) electrons. The van der Waals surface area contributed by atoms with Crippen molar-refractivity contribution in [2.24, 2.45) is 0 Å². The highest BCUT2D eigenvalue weighted by atomic mass is 35.5. The van der Waals surface area contributed by atoms with E-state index in [4.69, 9.17) is 9.47 Å². The molecule has 7 heteroatoms. The molecule has 1 amide bonds. The summed E-state index contributed by atoms with van der Waals surface area (Å²) in [7, 11) is 3.34. The lowest BCUT2D eigenvalue weighted by atomic mass is 9.98. The molecule has 2 unspecified atom stereocenters. The number of amides is 1. The minimum absolute atomic E-state index is 0. The van der Waals surface area contributed by atoms with E-state index in [-0.39, 0.29) is 30.4 Å². The smallest absolute Gasteiger partial charge is 0.223 e. The summed E-state index contributed by atoms with van der Waals surface area (Å²) in [5.74, 6) is 1.90. The topological polar surface area (TPSA) is 56.6 Å². The molecule has 0 spiro atoms. The predicted octanol–water partition coefficient (Wildman–Crippen LogP) is 4.53. The molecule has 1 aromatic heterocycles. The van der Waals surface area contributed by atoms with Gasteiger partial charge in [0.1, 0.15) is 11.5 Å². The lowest BCUT2D eigenvalue weighted by molar-refractivity contribution is -0.134. The third-order valence-electron chi connectivity index (χ3n) is 6.56. The Labute approximate surface area is 194 Å². The lowest BCUT2D eigenvalue weighted by Crippen LogP contribution is -2.42. The Morgan fingerprint density at radius 3 is 2.59 bits per heavy atom. The average Bonchev–Trinajstić information content (AvgIpc) is 3.38. The van der Waals surface area contributed by atoms with E-state index < -0.39 is 0 Å². The van der Waals surface area contributed by atoms with Gasteiger partial charge in [-0.1, -0.05) is 12.1 Å². The first kappa shape index (κ1) is 22.2. The van der Waals surface area contributed by atoms with Crippen molar-refractivity contribution < 1.29 is 14.3 Å². The maximum atomic E-state index is 13.2. The zero-order valence-electron chi connectivity index (χ0n) is 18.4.